The minimum Gasteiger partial charge on any atom is -0.346 e. The molecule has 6 aromatic rings. The number of benzene rings is 4. The summed E-state index contributed by atoms with van der Waals surface area (Å²) in [4.78, 5) is 52.3. The minimum absolute atomic E-state index is 0.0469. The molecule has 10 heteroatoms. The van der Waals surface area contributed by atoms with Gasteiger partial charge in [0.25, 0.3) is 0 Å². The van der Waals surface area contributed by atoms with Gasteiger partial charge in [0, 0.05) is 29.8 Å². The van der Waals surface area contributed by atoms with Crippen LogP contribution in [-0.2, 0) is 22.6 Å². The fourth-order valence-corrected chi connectivity index (χ4v) is 7.75. The molecule has 4 aromatic carbocycles. The Morgan fingerprint density at radius 3 is 2.19 bits per heavy atom. The normalized spacial score (nSPS) is 13.7. The first-order valence-corrected chi connectivity index (χ1v) is 21.8. The van der Waals surface area contributed by atoms with Crippen LogP contribution >= 0.6 is 0 Å². The van der Waals surface area contributed by atoms with Crippen molar-refractivity contribution < 1.29 is 9.59 Å². The first-order valence-electron chi connectivity index (χ1n) is 21.8. The number of hydrogen-bond donors (Lipinski definition) is 2. The van der Waals surface area contributed by atoms with Crippen LogP contribution in [0.2, 0.25) is 0 Å². The number of imidazole rings is 2. The fourth-order valence-electron chi connectivity index (χ4n) is 7.75. The lowest BCUT2D eigenvalue weighted by atomic mass is 10.0. The Bertz CT molecular complexity index is 2400. The highest BCUT2D eigenvalue weighted by Gasteiger charge is 2.33. The largest absolute Gasteiger partial charge is 0.346 e. The summed E-state index contributed by atoms with van der Waals surface area (Å²) in [7, 11) is 4.11. The molecule has 2 atom stereocenters. The number of likely N-dealkylation sites (tertiary alicyclic amines) is 1. The number of aromatic amines is 2. The SMILES string of the molecule is C#C.CCCN(Cc1nc2ccc(C#Cc3cccc(-c4nc[nH]c4[C@@H]4CCCN4C(=O)Cc4ccccc4)c3)cc2[nH]1)C(=O)[C@@H](c1ccccc1)N(CC)CC.CCN(C)C. The molecule has 1 saturated heterocycles. The minimum atomic E-state index is -0.348. The number of likely N-dealkylation sites (N-methyl/N-ethyl adjacent to an activating group) is 1. The van der Waals surface area contributed by atoms with Crippen LogP contribution in [0.3, 0.4) is 0 Å². The van der Waals surface area contributed by atoms with Gasteiger partial charge in [-0.3, -0.25) is 14.5 Å². The Morgan fingerprint density at radius 1 is 0.855 bits per heavy atom. The van der Waals surface area contributed by atoms with Crippen molar-refractivity contribution in [1.29, 1.82) is 0 Å². The van der Waals surface area contributed by atoms with E-state index in [0.29, 0.717) is 19.5 Å². The molecule has 1 fully saturated rings. The third-order valence-corrected chi connectivity index (χ3v) is 11.1. The first kappa shape index (κ1) is 46.6. The molecule has 0 bridgehead atoms. The van der Waals surface area contributed by atoms with E-state index in [1.807, 2.05) is 107 Å². The van der Waals surface area contributed by atoms with Crippen molar-refractivity contribution in [3.05, 3.63) is 143 Å². The maximum atomic E-state index is 14.2. The van der Waals surface area contributed by atoms with Gasteiger partial charge in [0.15, 0.2) is 0 Å². The van der Waals surface area contributed by atoms with Gasteiger partial charge in [0.1, 0.15) is 11.9 Å². The van der Waals surface area contributed by atoms with E-state index in [0.717, 1.165) is 102 Å². The standard InChI is InChI=1S/C46H49N7O2.C4H11N.C2H2/c1-4-26-52(46(55)45(51(5-2)6-3)36-18-11-8-12-19-36)31-41-49-38-25-24-35(29-39(38)50-41)23-22-34-17-13-20-37(28-34)43-44(48-32-47-43)40-21-14-27-53(40)42(54)30-33-15-9-7-10-16-33;1-4-5(2)3;1-2/h7-13,15-20,24-25,28-29,32,40,45H,4-6,14,21,26-27,30-31H2,1-3H3,(H,47,48)(H,49,50);4H2,1-3H3;1-2H/t40-,45+;;/m0../s1. The molecule has 0 unspecified atom stereocenters. The molecular weight excluding hydrogens is 769 g/mol. The van der Waals surface area contributed by atoms with E-state index in [4.69, 9.17) is 9.97 Å². The molecule has 0 saturated carbocycles. The Balaban J connectivity index is 0.000000968. The van der Waals surface area contributed by atoms with Crippen molar-refractivity contribution in [2.75, 3.05) is 46.8 Å². The van der Waals surface area contributed by atoms with Gasteiger partial charge in [-0.25, -0.2) is 9.97 Å². The van der Waals surface area contributed by atoms with Crippen molar-refractivity contribution in [3.8, 4) is 35.9 Å². The highest BCUT2D eigenvalue weighted by molar-refractivity contribution is 5.84. The topological polar surface area (TPSA) is 104 Å². The third kappa shape index (κ3) is 12.1. The second kappa shape index (κ2) is 23.5. The zero-order valence-electron chi connectivity index (χ0n) is 37.3. The van der Waals surface area contributed by atoms with Crippen molar-refractivity contribution in [1.82, 2.24) is 39.5 Å². The fraction of sp³-hybridized carbons (Fsp3) is 0.346. The van der Waals surface area contributed by atoms with Gasteiger partial charge in [-0.15, -0.1) is 12.8 Å². The third-order valence-electron chi connectivity index (χ3n) is 11.1. The van der Waals surface area contributed by atoms with Crippen LogP contribution in [0.1, 0.15) is 92.8 Å². The molecular formula is C52H62N8O2. The van der Waals surface area contributed by atoms with Gasteiger partial charge in [-0.1, -0.05) is 112 Å². The number of rotatable bonds is 14. The summed E-state index contributed by atoms with van der Waals surface area (Å²) >= 11 is 0. The smallest absolute Gasteiger partial charge is 0.244 e. The number of carbonyl (C=O) groups is 2. The molecule has 3 heterocycles. The Hall–Kier alpha value is -6.46. The predicted octanol–water partition coefficient (Wildman–Crippen LogP) is 8.90. The molecule has 322 valence electrons. The van der Waals surface area contributed by atoms with Crippen LogP contribution in [0.15, 0.2) is 109 Å². The van der Waals surface area contributed by atoms with Crippen molar-refractivity contribution in [2.45, 2.75) is 72.0 Å². The maximum absolute atomic E-state index is 14.2. The van der Waals surface area contributed by atoms with E-state index >= 15 is 0 Å². The van der Waals surface area contributed by atoms with E-state index < -0.39 is 0 Å². The summed E-state index contributed by atoms with van der Waals surface area (Å²) in [5.41, 5.74) is 8.25. The van der Waals surface area contributed by atoms with Gasteiger partial charge in [0.2, 0.25) is 11.8 Å². The summed E-state index contributed by atoms with van der Waals surface area (Å²) in [5.74, 6) is 7.66. The zero-order chi connectivity index (χ0) is 44.4. The maximum Gasteiger partial charge on any atom is 0.244 e. The lowest BCUT2D eigenvalue weighted by Gasteiger charge is -2.33. The molecule has 1 aliphatic heterocycles. The summed E-state index contributed by atoms with van der Waals surface area (Å²) in [6.07, 6.45) is 12.8. The van der Waals surface area contributed by atoms with Crippen molar-refractivity contribution in [2.24, 2.45) is 0 Å². The van der Waals surface area contributed by atoms with E-state index in [1.54, 1.807) is 6.33 Å². The number of aromatic nitrogens is 4. The number of terminal acetylenes is 1. The Labute approximate surface area is 368 Å². The number of nitrogens with zero attached hydrogens (tertiary/aromatic N) is 6. The summed E-state index contributed by atoms with van der Waals surface area (Å²) in [6, 6.07) is 33.7. The van der Waals surface area contributed by atoms with E-state index in [-0.39, 0.29) is 23.9 Å². The highest BCUT2D eigenvalue weighted by Crippen LogP contribution is 2.36. The number of fused-ring (bicyclic) bond motifs is 1. The van der Waals surface area contributed by atoms with Gasteiger partial charge in [-0.05, 0) is 94.5 Å². The molecule has 2 N–H and O–H groups in total. The molecule has 2 amide bonds. The van der Waals surface area contributed by atoms with Crippen LogP contribution in [0, 0.1) is 24.7 Å². The molecule has 1 aliphatic rings. The highest BCUT2D eigenvalue weighted by atomic mass is 16.2. The molecule has 0 aliphatic carbocycles. The lowest BCUT2D eigenvalue weighted by Crippen LogP contribution is -2.43. The van der Waals surface area contributed by atoms with Crippen molar-refractivity contribution in [3.63, 3.8) is 0 Å². The average Bonchev–Trinajstić information content (AvgIpc) is 4.09. The van der Waals surface area contributed by atoms with E-state index in [2.05, 4.69) is 92.3 Å². The monoisotopic (exact) mass is 830 g/mol. The second-order valence-electron chi connectivity index (χ2n) is 15.5. The summed E-state index contributed by atoms with van der Waals surface area (Å²) in [6.45, 7) is 12.9. The second-order valence-corrected chi connectivity index (χ2v) is 15.5. The average molecular weight is 831 g/mol. The lowest BCUT2D eigenvalue weighted by molar-refractivity contribution is -0.138. The number of nitrogens with one attached hydrogen (secondary N) is 2. The Kier molecular flexibility index (Phi) is 17.7. The summed E-state index contributed by atoms with van der Waals surface area (Å²) in [5, 5.41) is 0. The molecule has 62 heavy (non-hydrogen) atoms. The van der Waals surface area contributed by atoms with Crippen LogP contribution in [0.25, 0.3) is 22.3 Å². The van der Waals surface area contributed by atoms with Gasteiger partial charge in [-0.2, -0.15) is 0 Å². The first-order chi connectivity index (χ1) is 30.2. The molecule has 7 rings (SSSR count). The number of H-pyrrole nitrogens is 2. The van der Waals surface area contributed by atoms with Crippen LogP contribution in [0.4, 0.5) is 0 Å². The zero-order valence-corrected chi connectivity index (χ0v) is 37.3. The van der Waals surface area contributed by atoms with Gasteiger partial charge < -0.3 is 24.7 Å². The summed E-state index contributed by atoms with van der Waals surface area (Å²) < 4.78 is 0. The number of hydrogen-bond acceptors (Lipinski definition) is 6. The van der Waals surface area contributed by atoms with Crippen LogP contribution < -0.4 is 0 Å². The van der Waals surface area contributed by atoms with Crippen LogP contribution in [0.5, 0.6) is 0 Å². The van der Waals surface area contributed by atoms with E-state index in [9.17, 15) is 9.59 Å². The molecule has 0 spiro atoms. The molecule has 2 aromatic heterocycles. The van der Waals surface area contributed by atoms with Gasteiger partial charge >= 0.3 is 0 Å². The molecule has 0 radical (unpaired) electrons. The number of amides is 2. The number of carbonyl (C=O) groups excluding carboxylic acids is 2. The van der Waals surface area contributed by atoms with Crippen molar-refractivity contribution >= 4 is 22.8 Å². The predicted molar refractivity (Wildman–Crippen MR) is 252 cm³/mol. The van der Waals surface area contributed by atoms with Crippen LogP contribution in [-0.4, -0.2) is 98.2 Å². The van der Waals surface area contributed by atoms with E-state index in [1.165, 1.54) is 0 Å². The molecule has 10 nitrogen and oxygen atoms in total. The van der Waals surface area contributed by atoms with Gasteiger partial charge in [0.05, 0.1) is 47.8 Å². The quantitative estimate of drug-likeness (QED) is 0.106. The Morgan fingerprint density at radius 2 is 1.53 bits per heavy atom.